The molecule has 1 N–H and O–H groups in total. The molecule has 0 aliphatic rings. The first-order valence-corrected chi connectivity index (χ1v) is 5.72. The lowest BCUT2D eigenvalue weighted by atomic mass is 10.2. The largest absolute Gasteiger partial charge is 0.477 e. The van der Waals surface area contributed by atoms with Crippen LogP contribution in [0.4, 0.5) is 10.1 Å². The van der Waals surface area contributed by atoms with Gasteiger partial charge in [0.25, 0.3) is 5.91 Å². The van der Waals surface area contributed by atoms with Gasteiger partial charge in [0.2, 0.25) is 0 Å². The number of carboxylic acid groups (broad SMARTS) is 1. The number of carbonyl (C=O) groups is 2. The van der Waals surface area contributed by atoms with Crippen molar-refractivity contribution >= 4 is 17.6 Å². The molecule has 1 amide bonds. The second kappa shape index (κ2) is 5.48. The normalized spacial score (nSPS) is 10.1. The van der Waals surface area contributed by atoms with Gasteiger partial charge in [-0.2, -0.15) is 0 Å². The Morgan fingerprint density at radius 2 is 2.00 bits per heavy atom. The minimum Gasteiger partial charge on any atom is -0.477 e. The van der Waals surface area contributed by atoms with Gasteiger partial charge in [-0.1, -0.05) is 6.07 Å². The summed E-state index contributed by atoms with van der Waals surface area (Å²) in [7, 11) is 1.48. The highest BCUT2D eigenvalue weighted by Gasteiger charge is 2.16. The number of carbonyl (C=O) groups excluding carboxylic acids is 1. The quantitative estimate of drug-likeness (QED) is 0.931. The van der Waals surface area contributed by atoms with Gasteiger partial charge in [-0.3, -0.25) is 4.79 Å². The van der Waals surface area contributed by atoms with E-state index in [9.17, 15) is 14.0 Å². The number of carboxylic acids is 1. The average molecular weight is 274 g/mol. The smallest absolute Gasteiger partial charge is 0.354 e. The SMILES string of the molecule is CN(C(=O)c1ccnc(C(=O)O)c1)c1cccc(F)c1. The van der Waals surface area contributed by atoms with Crippen LogP contribution in [0.25, 0.3) is 0 Å². The lowest BCUT2D eigenvalue weighted by Crippen LogP contribution is -2.26. The molecular formula is C14H11FN2O3. The van der Waals surface area contributed by atoms with Crippen LogP contribution in [0.15, 0.2) is 42.6 Å². The van der Waals surface area contributed by atoms with E-state index in [1.54, 1.807) is 6.07 Å². The van der Waals surface area contributed by atoms with Gasteiger partial charge in [0.15, 0.2) is 0 Å². The average Bonchev–Trinajstić information content (AvgIpc) is 2.45. The maximum absolute atomic E-state index is 13.1. The Balaban J connectivity index is 2.31. The molecule has 6 heteroatoms. The summed E-state index contributed by atoms with van der Waals surface area (Å²) in [5.74, 6) is -2.11. The maximum atomic E-state index is 13.1. The van der Waals surface area contributed by atoms with E-state index in [-0.39, 0.29) is 11.3 Å². The van der Waals surface area contributed by atoms with E-state index in [0.717, 1.165) is 0 Å². The number of nitrogens with zero attached hydrogens (tertiary/aromatic N) is 2. The standard InChI is InChI=1S/C14H11FN2O3/c1-17(11-4-2-3-10(15)8-11)13(18)9-5-6-16-12(7-9)14(19)20/h2-8H,1H3,(H,19,20). The van der Waals surface area contributed by atoms with Crippen molar-refractivity contribution in [3.05, 3.63) is 59.7 Å². The van der Waals surface area contributed by atoms with Crippen molar-refractivity contribution in [3.63, 3.8) is 0 Å². The van der Waals surface area contributed by atoms with Crippen LogP contribution in [0.3, 0.4) is 0 Å². The number of benzene rings is 1. The maximum Gasteiger partial charge on any atom is 0.354 e. The minimum atomic E-state index is -1.21. The van der Waals surface area contributed by atoms with Crippen molar-refractivity contribution < 1.29 is 19.1 Å². The summed E-state index contributed by atoms with van der Waals surface area (Å²) < 4.78 is 13.1. The number of halogens is 1. The molecule has 0 unspecified atom stereocenters. The number of pyridine rings is 1. The third-order valence-corrected chi connectivity index (χ3v) is 2.73. The van der Waals surface area contributed by atoms with E-state index in [2.05, 4.69) is 4.98 Å². The highest BCUT2D eigenvalue weighted by atomic mass is 19.1. The van der Waals surface area contributed by atoms with Crippen LogP contribution < -0.4 is 4.90 Å². The van der Waals surface area contributed by atoms with Crippen LogP contribution in [-0.4, -0.2) is 29.0 Å². The number of aromatic nitrogens is 1. The minimum absolute atomic E-state index is 0.171. The van der Waals surface area contributed by atoms with Crippen LogP contribution in [-0.2, 0) is 0 Å². The molecule has 0 saturated heterocycles. The zero-order chi connectivity index (χ0) is 14.7. The Morgan fingerprint density at radius 1 is 1.25 bits per heavy atom. The zero-order valence-electron chi connectivity index (χ0n) is 10.6. The van der Waals surface area contributed by atoms with Gasteiger partial charge in [0, 0.05) is 24.5 Å². The Labute approximate surface area is 114 Å². The molecule has 0 atom stereocenters. The number of rotatable bonds is 3. The molecule has 0 fully saturated rings. The topological polar surface area (TPSA) is 70.5 Å². The van der Waals surface area contributed by atoms with Crippen molar-refractivity contribution in [2.75, 3.05) is 11.9 Å². The Bertz CT molecular complexity index is 673. The van der Waals surface area contributed by atoms with Gasteiger partial charge in [0.1, 0.15) is 11.5 Å². The molecule has 20 heavy (non-hydrogen) atoms. The molecule has 1 heterocycles. The number of amides is 1. The van der Waals surface area contributed by atoms with Gasteiger partial charge in [-0.05, 0) is 30.3 Å². The van der Waals surface area contributed by atoms with Crippen LogP contribution in [0, 0.1) is 5.82 Å². The van der Waals surface area contributed by atoms with E-state index < -0.39 is 17.7 Å². The van der Waals surface area contributed by atoms with Gasteiger partial charge in [0.05, 0.1) is 0 Å². The molecule has 102 valence electrons. The van der Waals surface area contributed by atoms with E-state index >= 15 is 0 Å². The first kappa shape index (κ1) is 13.7. The fourth-order valence-electron chi connectivity index (χ4n) is 1.68. The molecule has 1 aromatic carbocycles. The molecule has 2 aromatic rings. The zero-order valence-corrected chi connectivity index (χ0v) is 10.6. The first-order chi connectivity index (χ1) is 9.49. The Kier molecular flexibility index (Phi) is 3.74. The van der Waals surface area contributed by atoms with E-state index in [4.69, 9.17) is 5.11 Å². The van der Waals surface area contributed by atoms with Crippen LogP contribution in [0.1, 0.15) is 20.8 Å². The lowest BCUT2D eigenvalue weighted by molar-refractivity contribution is 0.0690. The first-order valence-electron chi connectivity index (χ1n) is 5.72. The molecule has 0 radical (unpaired) electrons. The fraction of sp³-hybridized carbons (Fsp3) is 0.0714. The van der Waals surface area contributed by atoms with E-state index in [1.807, 2.05) is 0 Å². The number of aromatic carboxylic acids is 1. The third-order valence-electron chi connectivity index (χ3n) is 2.73. The summed E-state index contributed by atoms with van der Waals surface area (Å²) in [4.78, 5) is 27.9. The van der Waals surface area contributed by atoms with Gasteiger partial charge < -0.3 is 10.0 Å². The molecule has 0 spiro atoms. The highest BCUT2D eigenvalue weighted by Crippen LogP contribution is 2.16. The van der Waals surface area contributed by atoms with Crippen molar-refractivity contribution in [1.82, 2.24) is 4.98 Å². The summed E-state index contributed by atoms with van der Waals surface area (Å²) in [6, 6.07) is 8.16. The predicted molar refractivity (Wildman–Crippen MR) is 70.3 cm³/mol. The van der Waals surface area contributed by atoms with Crippen LogP contribution in [0.5, 0.6) is 0 Å². The van der Waals surface area contributed by atoms with Crippen molar-refractivity contribution in [3.8, 4) is 0 Å². The van der Waals surface area contributed by atoms with Crippen molar-refractivity contribution in [2.45, 2.75) is 0 Å². The Morgan fingerprint density at radius 3 is 2.65 bits per heavy atom. The summed E-state index contributed by atoms with van der Waals surface area (Å²) >= 11 is 0. The van der Waals surface area contributed by atoms with Crippen LogP contribution >= 0.6 is 0 Å². The molecule has 0 aliphatic heterocycles. The molecule has 0 bridgehead atoms. The fourth-order valence-corrected chi connectivity index (χ4v) is 1.68. The van der Waals surface area contributed by atoms with Crippen LogP contribution in [0.2, 0.25) is 0 Å². The summed E-state index contributed by atoms with van der Waals surface area (Å²) in [6.07, 6.45) is 1.25. The van der Waals surface area contributed by atoms with E-state index in [0.29, 0.717) is 5.69 Å². The van der Waals surface area contributed by atoms with Crippen molar-refractivity contribution in [1.29, 1.82) is 0 Å². The third kappa shape index (κ3) is 2.80. The number of hydrogen-bond donors (Lipinski definition) is 1. The van der Waals surface area contributed by atoms with Gasteiger partial charge in [-0.25, -0.2) is 14.2 Å². The summed E-state index contributed by atoms with van der Waals surface area (Å²) in [5, 5.41) is 8.85. The molecule has 0 aliphatic carbocycles. The van der Waals surface area contributed by atoms with Gasteiger partial charge >= 0.3 is 5.97 Å². The van der Waals surface area contributed by atoms with E-state index in [1.165, 1.54) is 48.5 Å². The number of anilines is 1. The van der Waals surface area contributed by atoms with Crippen molar-refractivity contribution in [2.24, 2.45) is 0 Å². The number of hydrogen-bond acceptors (Lipinski definition) is 3. The summed E-state index contributed by atoms with van der Waals surface area (Å²) in [5.41, 5.74) is 0.330. The molecule has 5 nitrogen and oxygen atoms in total. The molecule has 1 aromatic heterocycles. The second-order valence-corrected chi connectivity index (χ2v) is 4.08. The lowest BCUT2D eigenvalue weighted by Gasteiger charge is -2.17. The predicted octanol–water partition coefficient (Wildman–Crippen LogP) is 2.20. The van der Waals surface area contributed by atoms with Gasteiger partial charge in [-0.15, -0.1) is 0 Å². The Hall–Kier alpha value is -2.76. The summed E-state index contributed by atoms with van der Waals surface area (Å²) in [6.45, 7) is 0. The second-order valence-electron chi connectivity index (χ2n) is 4.08. The highest BCUT2D eigenvalue weighted by molar-refractivity contribution is 6.06. The molecular weight excluding hydrogens is 263 g/mol. The molecule has 2 rings (SSSR count). The monoisotopic (exact) mass is 274 g/mol. The molecule has 0 saturated carbocycles.